The average molecular weight is 281 g/mol. The fourth-order valence-corrected chi connectivity index (χ4v) is 2.72. The van der Waals surface area contributed by atoms with Gasteiger partial charge in [0.05, 0.1) is 22.4 Å². The lowest BCUT2D eigenvalue weighted by atomic mass is 10.2. The van der Waals surface area contributed by atoms with Gasteiger partial charge in [0.2, 0.25) is 0 Å². The normalized spacial score (nSPS) is 13.2. The number of aromatic nitrogens is 4. The van der Waals surface area contributed by atoms with E-state index in [2.05, 4.69) is 25.9 Å². The van der Waals surface area contributed by atoms with E-state index in [4.69, 9.17) is 0 Å². The van der Waals surface area contributed by atoms with Crippen LogP contribution in [-0.2, 0) is 9.84 Å². The first-order chi connectivity index (χ1) is 9.04. The summed E-state index contributed by atoms with van der Waals surface area (Å²) >= 11 is 0. The van der Waals surface area contributed by atoms with Crippen LogP contribution in [0.25, 0.3) is 0 Å². The first-order valence-corrected chi connectivity index (χ1v) is 7.51. The van der Waals surface area contributed by atoms with Gasteiger partial charge >= 0.3 is 0 Å². The van der Waals surface area contributed by atoms with Gasteiger partial charge in [-0.1, -0.05) is 24.3 Å². The second-order valence-electron chi connectivity index (χ2n) is 4.04. The summed E-state index contributed by atoms with van der Waals surface area (Å²) < 4.78 is 24.0. The number of hydrogen-bond donors (Lipinski definition) is 2. The Morgan fingerprint density at radius 3 is 2.74 bits per heavy atom. The van der Waals surface area contributed by atoms with Crippen LogP contribution in [0, 0.1) is 0 Å². The summed E-state index contributed by atoms with van der Waals surface area (Å²) in [6.45, 7) is 3.45. The number of nitrogens with one attached hydrogen (secondary N) is 2. The maximum absolute atomic E-state index is 12.0. The van der Waals surface area contributed by atoms with Crippen molar-refractivity contribution in [2.45, 2.75) is 24.8 Å². The number of anilines is 1. The summed E-state index contributed by atoms with van der Waals surface area (Å²) in [5.41, 5.74) is 0.543. The molecule has 0 aliphatic carbocycles. The van der Waals surface area contributed by atoms with E-state index in [9.17, 15) is 8.42 Å². The zero-order valence-corrected chi connectivity index (χ0v) is 11.5. The molecule has 0 saturated heterocycles. The molecule has 0 aliphatic rings. The summed E-state index contributed by atoms with van der Waals surface area (Å²) in [5, 5.41) is 16.7. The van der Waals surface area contributed by atoms with E-state index in [-0.39, 0.29) is 16.7 Å². The van der Waals surface area contributed by atoms with E-state index in [1.165, 1.54) is 0 Å². The smallest absolute Gasteiger partial charge is 0.196 e. The molecule has 2 aromatic rings. The van der Waals surface area contributed by atoms with E-state index in [1.807, 2.05) is 6.92 Å². The number of aromatic amines is 1. The summed E-state index contributed by atoms with van der Waals surface area (Å²) in [6.07, 6.45) is 0. The zero-order chi connectivity index (χ0) is 13.9. The lowest BCUT2D eigenvalue weighted by molar-refractivity contribution is 0.597. The van der Waals surface area contributed by atoms with Crippen LogP contribution in [0.4, 0.5) is 5.69 Å². The average Bonchev–Trinajstić information content (AvgIpc) is 2.93. The van der Waals surface area contributed by atoms with E-state index in [1.54, 1.807) is 31.2 Å². The second-order valence-corrected chi connectivity index (χ2v) is 6.28. The SMILES string of the molecule is CCS(=O)(=O)c1ccccc1NC(C)c1nn[nH]n1. The molecule has 7 nitrogen and oxygen atoms in total. The molecule has 0 saturated carbocycles. The number of hydrogen-bond acceptors (Lipinski definition) is 6. The largest absolute Gasteiger partial charge is 0.374 e. The molecule has 2 N–H and O–H groups in total. The van der Waals surface area contributed by atoms with Crippen molar-refractivity contribution in [2.75, 3.05) is 11.1 Å². The lowest BCUT2D eigenvalue weighted by Gasteiger charge is -2.15. The highest BCUT2D eigenvalue weighted by Crippen LogP contribution is 2.25. The number of tetrazole rings is 1. The van der Waals surface area contributed by atoms with Gasteiger partial charge in [0.25, 0.3) is 0 Å². The summed E-state index contributed by atoms with van der Waals surface area (Å²) in [7, 11) is -3.27. The molecule has 0 radical (unpaired) electrons. The highest BCUT2D eigenvalue weighted by molar-refractivity contribution is 7.91. The standard InChI is InChI=1S/C11H15N5O2S/c1-3-19(17,18)10-7-5-4-6-9(10)12-8(2)11-13-15-16-14-11/h4-8,12H,3H2,1-2H3,(H,13,14,15,16). The van der Waals surface area contributed by atoms with E-state index in [0.29, 0.717) is 11.5 Å². The maximum Gasteiger partial charge on any atom is 0.196 e. The fourth-order valence-electron chi connectivity index (χ4n) is 1.66. The molecule has 0 spiro atoms. The van der Waals surface area contributed by atoms with E-state index < -0.39 is 9.84 Å². The number of benzene rings is 1. The minimum atomic E-state index is -3.27. The molecule has 1 unspecified atom stereocenters. The topological polar surface area (TPSA) is 101 Å². The first kappa shape index (κ1) is 13.5. The Balaban J connectivity index is 2.31. The molecule has 2 rings (SSSR count). The molecule has 0 aliphatic heterocycles. The predicted molar refractivity (Wildman–Crippen MR) is 70.4 cm³/mol. The Bertz CT molecular complexity index is 639. The van der Waals surface area contributed by atoms with Crippen LogP contribution < -0.4 is 5.32 Å². The number of H-pyrrole nitrogens is 1. The lowest BCUT2D eigenvalue weighted by Crippen LogP contribution is -2.13. The molecule has 8 heteroatoms. The summed E-state index contributed by atoms with van der Waals surface area (Å²) in [4.78, 5) is 0.285. The Morgan fingerprint density at radius 2 is 2.11 bits per heavy atom. The highest BCUT2D eigenvalue weighted by Gasteiger charge is 2.18. The molecule has 102 valence electrons. The van der Waals surface area contributed by atoms with Gasteiger partial charge in [-0.05, 0) is 19.1 Å². The molecule has 19 heavy (non-hydrogen) atoms. The number of nitrogens with zero attached hydrogens (tertiary/aromatic N) is 3. The third-order valence-electron chi connectivity index (χ3n) is 2.72. The molecule has 0 amide bonds. The monoisotopic (exact) mass is 281 g/mol. The van der Waals surface area contributed by atoms with Crippen LogP contribution in [0.15, 0.2) is 29.2 Å². The molecule has 0 fully saturated rings. The van der Waals surface area contributed by atoms with Crippen LogP contribution in [-0.4, -0.2) is 34.8 Å². The van der Waals surface area contributed by atoms with Crippen LogP contribution in [0.2, 0.25) is 0 Å². The maximum atomic E-state index is 12.0. The van der Waals surface area contributed by atoms with Crippen molar-refractivity contribution in [1.82, 2.24) is 20.6 Å². The van der Waals surface area contributed by atoms with Crippen LogP contribution in [0.5, 0.6) is 0 Å². The predicted octanol–water partition coefficient (Wildman–Crippen LogP) is 1.17. The molecule has 1 aromatic carbocycles. The van der Waals surface area contributed by atoms with Gasteiger partial charge in [0, 0.05) is 0 Å². The minimum Gasteiger partial charge on any atom is -0.374 e. The van der Waals surface area contributed by atoms with Crippen molar-refractivity contribution in [3.63, 3.8) is 0 Å². The zero-order valence-electron chi connectivity index (χ0n) is 10.7. The summed E-state index contributed by atoms with van der Waals surface area (Å²) in [5.74, 6) is 0.533. The summed E-state index contributed by atoms with van der Waals surface area (Å²) in [6, 6.07) is 6.54. The fraction of sp³-hybridized carbons (Fsp3) is 0.364. The molecule has 0 bridgehead atoms. The molecule has 1 heterocycles. The van der Waals surface area contributed by atoms with Gasteiger partial charge in [0.1, 0.15) is 0 Å². The van der Waals surface area contributed by atoms with Gasteiger partial charge in [0.15, 0.2) is 15.7 Å². The highest BCUT2D eigenvalue weighted by atomic mass is 32.2. The second kappa shape index (κ2) is 5.35. The molecule has 1 aromatic heterocycles. The van der Waals surface area contributed by atoms with Crippen LogP contribution in [0.3, 0.4) is 0 Å². The Kier molecular flexibility index (Phi) is 3.79. The van der Waals surface area contributed by atoms with Crippen LogP contribution in [0.1, 0.15) is 25.7 Å². The molecular formula is C11H15N5O2S. The first-order valence-electron chi connectivity index (χ1n) is 5.86. The van der Waals surface area contributed by atoms with Crippen molar-refractivity contribution in [2.24, 2.45) is 0 Å². The number of para-hydroxylation sites is 1. The van der Waals surface area contributed by atoms with Crippen LogP contribution >= 0.6 is 0 Å². The van der Waals surface area contributed by atoms with Crippen molar-refractivity contribution in [3.8, 4) is 0 Å². The molecule has 1 atom stereocenters. The third-order valence-corrected chi connectivity index (χ3v) is 4.51. The van der Waals surface area contributed by atoms with Gasteiger partial charge < -0.3 is 5.32 Å². The van der Waals surface area contributed by atoms with Gasteiger partial charge in [-0.25, -0.2) is 8.42 Å². The Labute approximate surface area is 111 Å². The number of rotatable bonds is 5. The molecular weight excluding hydrogens is 266 g/mol. The van der Waals surface area contributed by atoms with Crippen molar-refractivity contribution in [3.05, 3.63) is 30.1 Å². The minimum absolute atomic E-state index is 0.0578. The number of sulfone groups is 1. The van der Waals surface area contributed by atoms with Crippen molar-refractivity contribution in [1.29, 1.82) is 0 Å². The van der Waals surface area contributed by atoms with Gasteiger partial charge in [-0.3, -0.25) is 0 Å². The van der Waals surface area contributed by atoms with Gasteiger partial charge in [-0.2, -0.15) is 5.21 Å². The van der Waals surface area contributed by atoms with E-state index in [0.717, 1.165) is 0 Å². The third kappa shape index (κ3) is 2.90. The van der Waals surface area contributed by atoms with Crippen molar-refractivity contribution < 1.29 is 8.42 Å². The Morgan fingerprint density at radius 1 is 1.37 bits per heavy atom. The van der Waals surface area contributed by atoms with E-state index >= 15 is 0 Å². The van der Waals surface area contributed by atoms with Gasteiger partial charge in [-0.15, -0.1) is 10.2 Å². The Hall–Kier alpha value is -1.96. The quantitative estimate of drug-likeness (QED) is 0.853. The van der Waals surface area contributed by atoms with Crippen molar-refractivity contribution >= 4 is 15.5 Å².